The van der Waals surface area contributed by atoms with Crippen LogP contribution in [0.25, 0.3) is 11.1 Å². The number of carboxylic acids is 1. The van der Waals surface area contributed by atoms with Gasteiger partial charge in [-0.05, 0) is 78.8 Å². The van der Waals surface area contributed by atoms with Crippen LogP contribution < -0.4 is 5.32 Å². The second-order valence-corrected chi connectivity index (χ2v) is 9.64. The lowest BCUT2D eigenvalue weighted by Gasteiger charge is -2.28. The van der Waals surface area contributed by atoms with Gasteiger partial charge >= 0.3 is 5.97 Å². The number of fused-ring (bicyclic) bond motifs is 1. The summed E-state index contributed by atoms with van der Waals surface area (Å²) in [5.41, 5.74) is 5.69. The summed E-state index contributed by atoms with van der Waals surface area (Å²) in [5, 5.41) is 12.5. The van der Waals surface area contributed by atoms with Crippen LogP contribution in [0.2, 0.25) is 0 Å². The van der Waals surface area contributed by atoms with Crippen molar-refractivity contribution in [2.75, 3.05) is 5.32 Å². The molecule has 1 aliphatic rings. The highest BCUT2D eigenvalue weighted by Crippen LogP contribution is 2.38. The summed E-state index contributed by atoms with van der Waals surface area (Å²) in [6.45, 7) is 5.83. The monoisotopic (exact) mass is 498 g/mol. The Kier molecular flexibility index (Phi) is 8.07. The molecule has 0 bridgehead atoms. The van der Waals surface area contributed by atoms with Gasteiger partial charge in [0.2, 0.25) is 0 Å². The number of benzene rings is 3. The Labute approximate surface area is 218 Å². The highest BCUT2D eigenvalue weighted by atomic mass is 16.4. The molecule has 37 heavy (non-hydrogen) atoms. The normalized spacial score (nSPS) is 15.4. The van der Waals surface area contributed by atoms with Gasteiger partial charge < -0.3 is 15.3 Å². The molecule has 0 saturated carbocycles. The maximum Gasteiger partial charge on any atom is 0.326 e. The van der Waals surface area contributed by atoms with Gasteiger partial charge in [-0.3, -0.25) is 9.59 Å². The Morgan fingerprint density at radius 1 is 0.946 bits per heavy atom. The number of carboxylic acid groups (broad SMARTS) is 1. The van der Waals surface area contributed by atoms with Crippen molar-refractivity contribution < 1.29 is 19.5 Å². The molecule has 2 amide bonds. The number of amides is 2. The molecule has 2 unspecified atom stereocenters. The van der Waals surface area contributed by atoms with E-state index in [1.807, 2.05) is 73.7 Å². The molecular formula is C31H34N2O4. The summed E-state index contributed by atoms with van der Waals surface area (Å²) >= 11 is 0. The Morgan fingerprint density at radius 3 is 2.24 bits per heavy atom. The van der Waals surface area contributed by atoms with Crippen LogP contribution in [0.3, 0.4) is 0 Å². The molecular weight excluding hydrogens is 464 g/mol. The van der Waals surface area contributed by atoms with Gasteiger partial charge in [0.25, 0.3) is 11.8 Å². The second kappa shape index (κ2) is 11.4. The van der Waals surface area contributed by atoms with Crippen LogP contribution in [-0.4, -0.2) is 33.8 Å². The van der Waals surface area contributed by atoms with Gasteiger partial charge in [-0.15, -0.1) is 0 Å². The van der Waals surface area contributed by atoms with Gasteiger partial charge in [-0.2, -0.15) is 0 Å². The quantitative estimate of drug-likeness (QED) is 0.304. The topological polar surface area (TPSA) is 86.7 Å². The van der Waals surface area contributed by atoms with Crippen molar-refractivity contribution in [3.8, 4) is 11.1 Å². The fourth-order valence-corrected chi connectivity index (χ4v) is 5.00. The molecule has 1 heterocycles. The first-order chi connectivity index (χ1) is 17.8. The number of unbranched alkanes of at least 4 members (excludes halogenated alkanes) is 2. The molecule has 1 aliphatic heterocycles. The molecule has 0 fully saturated rings. The molecule has 0 aromatic heterocycles. The fourth-order valence-electron chi connectivity index (χ4n) is 5.00. The Bertz CT molecular complexity index is 1280. The van der Waals surface area contributed by atoms with Gasteiger partial charge in [0, 0.05) is 16.8 Å². The van der Waals surface area contributed by atoms with Gasteiger partial charge in [0.1, 0.15) is 6.04 Å². The maximum absolute atomic E-state index is 13.1. The minimum atomic E-state index is -0.990. The van der Waals surface area contributed by atoms with E-state index in [0.29, 0.717) is 23.2 Å². The Balaban J connectivity index is 1.45. The number of hydrogen-bond donors (Lipinski definition) is 2. The number of rotatable bonds is 10. The number of carbonyl (C=O) groups is 3. The summed E-state index contributed by atoms with van der Waals surface area (Å²) in [4.78, 5) is 39.0. The minimum absolute atomic E-state index is 0.158. The van der Waals surface area contributed by atoms with Crippen molar-refractivity contribution in [2.45, 2.75) is 65.0 Å². The number of aryl methyl sites for hydroxylation is 1. The van der Waals surface area contributed by atoms with Crippen molar-refractivity contribution in [1.29, 1.82) is 0 Å². The number of carbonyl (C=O) groups excluding carboxylic acids is 2. The number of nitrogens with zero attached hydrogens (tertiary/aromatic N) is 1. The summed E-state index contributed by atoms with van der Waals surface area (Å²) in [7, 11) is 0. The van der Waals surface area contributed by atoms with E-state index in [9.17, 15) is 19.5 Å². The van der Waals surface area contributed by atoms with Crippen LogP contribution >= 0.6 is 0 Å². The van der Waals surface area contributed by atoms with Crippen LogP contribution in [-0.2, 0) is 11.2 Å². The van der Waals surface area contributed by atoms with Gasteiger partial charge in [-0.25, -0.2) is 4.79 Å². The van der Waals surface area contributed by atoms with Gasteiger partial charge in [0.15, 0.2) is 0 Å². The molecule has 0 aliphatic carbocycles. The van der Waals surface area contributed by atoms with Crippen molar-refractivity contribution in [1.82, 2.24) is 4.90 Å². The zero-order chi connectivity index (χ0) is 26.5. The first kappa shape index (κ1) is 26.1. The van der Waals surface area contributed by atoms with Crippen molar-refractivity contribution >= 4 is 23.5 Å². The van der Waals surface area contributed by atoms with E-state index in [4.69, 9.17) is 0 Å². The van der Waals surface area contributed by atoms with Gasteiger partial charge in [-0.1, -0.05) is 63.1 Å². The first-order valence-electron chi connectivity index (χ1n) is 13.0. The SMILES string of the molecule is CCCCCc1ccc(C(=O)Nc2ccc(-c3ccc4c(c3)C(=O)N(C(CC)C(=O)O)C4C)cc2)cc1. The number of anilines is 1. The van der Waals surface area contributed by atoms with E-state index in [-0.39, 0.29) is 17.9 Å². The first-order valence-corrected chi connectivity index (χ1v) is 13.0. The summed E-state index contributed by atoms with van der Waals surface area (Å²) in [5.74, 6) is -1.40. The van der Waals surface area contributed by atoms with Crippen LogP contribution in [0, 0.1) is 0 Å². The molecule has 4 rings (SSSR count). The smallest absolute Gasteiger partial charge is 0.326 e. The maximum atomic E-state index is 13.1. The lowest BCUT2D eigenvalue weighted by atomic mass is 9.98. The van der Waals surface area contributed by atoms with Crippen LogP contribution in [0.4, 0.5) is 5.69 Å². The zero-order valence-corrected chi connectivity index (χ0v) is 21.7. The largest absolute Gasteiger partial charge is 0.480 e. The molecule has 6 heteroatoms. The van der Waals surface area contributed by atoms with E-state index >= 15 is 0 Å². The van der Waals surface area contributed by atoms with E-state index < -0.39 is 12.0 Å². The number of nitrogens with one attached hydrogen (secondary N) is 1. The average Bonchev–Trinajstić information content (AvgIpc) is 3.14. The van der Waals surface area contributed by atoms with E-state index in [2.05, 4.69) is 12.2 Å². The third-order valence-corrected chi connectivity index (χ3v) is 7.15. The average molecular weight is 499 g/mol. The molecule has 2 atom stereocenters. The Morgan fingerprint density at radius 2 is 1.62 bits per heavy atom. The molecule has 3 aromatic carbocycles. The van der Waals surface area contributed by atoms with Crippen LogP contribution in [0.15, 0.2) is 66.7 Å². The zero-order valence-electron chi connectivity index (χ0n) is 21.7. The highest BCUT2D eigenvalue weighted by molar-refractivity contribution is 6.04. The molecule has 2 N–H and O–H groups in total. The molecule has 0 spiro atoms. The summed E-state index contributed by atoms with van der Waals surface area (Å²) in [6, 6.07) is 19.8. The van der Waals surface area contributed by atoms with E-state index in [0.717, 1.165) is 29.5 Å². The van der Waals surface area contributed by atoms with Crippen molar-refractivity contribution in [3.05, 3.63) is 89.0 Å². The van der Waals surface area contributed by atoms with Gasteiger partial charge in [0.05, 0.1) is 6.04 Å². The fraction of sp³-hybridized carbons (Fsp3) is 0.323. The van der Waals surface area contributed by atoms with Crippen LogP contribution in [0.1, 0.15) is 84.3 Å². The molecule has 192 valence electrons. The van der Waals surface area contributed by atoms with E-state index in [1.54, 1.807) is 6.92 Å². The summed E-state index contributed by atoms with van der Waals surface area (Å²) in [6.07, 6.45) is 4.94. The van der Waals surface area contributed by atoms with Crippen molar-refractivity contribution in [3.63, 3.8) is 0 Å². The van der Waals surface area contributed by atoms with Crippen LogP contribution in [0.5, 0.6) is 0 Å². The van der Waals surface area contributed by atoms with Crippen molar-refractivity contribution in [2.24, 2.45) is 0 Å². The Hall–Kier alpha value is -3.93. The molecule has 6 nitrogen and oxygen atoms in total. The third-order valence-electron chi connectivity index (χ3n) is 7.15. The second-order valence-electron chi connectivity index (χ2n) is 9.64. The minimum Gasteiger partial charge on any atom is -0.480 e. The predicted octanol–water partition coefficient (Wildman–Crippen LogP) is 6.72. The number of hydrogen-bond acceptors (Lipinski definition) is 3. The van der Waals surface area contributed by atoms with E-state index in [1.165, 1.54) is 23.3 Å². The highest BCUT2D eigenvalue weighted by Gasteiger charge is 2.40. The lowest BCUT2D eigenvalue weighted by molar-refractivity contribution is -0.143. The third kappa shape index (κ3) is 5.58. The lowest BCUT2D eigenvalue weighted by Crippen LogP contribution is -2.42. The molecule has 3 aromatic rings. The molecule has 0 radical (unpaired) electrons. The summed E-state index contributed by atoms with van der Waals surface area (Å²) < 4.78 is 0. The predicted molar refractivity (Wildman–Crippen MR) is 146 cm³/mol. The number of aliphatic carboxylic acids is 1. The standard InChI is InChI=1S/C31H34N2O4/c1-4-6-7-8-21-9-11-23(12-10-21)29(34)32-25-16-13-22(14-17-25)24-15-18-26-20(3)33(28(5-2)31(36)37)30(35)27(26)19-24/h9-20,28H,4-8H2,1-3H3,(H,32,34)(H,36,37). The molecule has 0 saturated heterocycles.